The van der Waals surface area contributed by atoms with Crippen LogP contribution in [0.25, 0.3) is 0 Å². The summed E-state index contributed by atoms with van der Waals surface area (Å²) >= 11 is 0. The monoisotopic (exact) mass is 326 g/mol. The number of rotatable bonds is 3. The summed E-state index contributed by atoms with van der Waals surface area (Å²) in [6, 6.07) is 10.6. The summed E-state index contributed by atoms with van der Waals surface area (Å²) in [4.78, 5) is 26.2. The van der Waals surface area contributed by atoms with Gasteiger partial charge in [0.2, 0.25) is 0 Å². The molecule has 6 nitrogen and oxygen atoms in total. The van der Waals surface area contributed by atoms with Gasteiger partial charge in [-0.05, 0) is 31.0 Å². The minimum absolute atomic E-state index is 0.225. The first-order valence-corrected chi connectivity index (χ1v) is 8.35. The van der Waals surface area contributed by atoms with Gasteiger partial charge >= 0.3 is 0 Å². The summed E-state index contributed by atoms with van der Waals surface area (Å²) in [7, 11) is 1.53. The molecule has 24 heavy (non-hydrogen) atoms. The maximum atomic E-state index is 12.5. The van der Waals surface area contributed by atoms with Crippen molar-refractivity contribution in [2.45, 2.75) is 25.7 Å². The van der Waals surface area contributed by atoms with Crippen LogP contribution in [0.1, 0.15) is 36.2 Å². The van der Waals surface area contributed by atoms with E-state index in [0.717, 1.165) is 29.1 Å². The number of nitrogens with one attached hydrogen (secondary N) is 1. The number of aryl methyl sites for hydroxylation is 1. The molecule has 126 valence electrons. The Morgan fingerprint density at radius 2 is 1.75 bits per heavy atom. The SMILES string of the molecule is Cn1nc(C(=O)Nc2ccccc2N2CCCCCC2)ccc1=O. The standard InChI is InChI=1S/C18H22N4O2/c1-21-17(23)11-10-15(20-21)18(24)19-14-8-4-5-9-16(14)22-12-6-2-3-7-13-22/h4-5,8-11H,2-3,6-7,12-13H2,1H3,(H,19,24). The van der Waals surface area contributed by atoms with Gasteiger partial charge in [-0.15, -0.1) is 0 Å². The summed E-state index contributed by atoms with van der Waals surface area (Å²) in [5, 5.41) is 6.94. The molecule has 1 aliphatic heterocycles. The highest BCUT2D eigenvalue weighted by atomic mass is 16.2. The zero-order valence-corrected chi connectivity index (χ0v) is 13.9. The van der Waals surface area contributed by atoms with Gasteiger partial charge in [0.05, 0.1) is 11.4 Å². The second-order valence-electron chi connectivity index (χ2n) is 6.05. The van der Waals surface area contributed by atoms with Gasteiger partial charge < -0.3 is 10.2 Å². The molecule has 0 saturated carbocycles. The van der Waals surface area contributed by atoms with E-state index in [-0.39, 0.29) is 17.2 Å². The molecule has 0 unspecified atom stereocenters. The van der Waals surface area contributed by atoms with Gasteiger partial charge in [0.1, 0.15) is 5.69 Å². The summed E-state index contributed by atoms with van der Waals surface area (Å²) in [6.45, 7) is 2.01. The molecule has 0 spiro atoms. The third-order valence-electron chi connectivity index (χ3n) is 4.29. The Bertz CT molecular complexity index is 777. The fraction of sp³-hybridized carbons (Fsp3) is 0.389. The van der Waals surface area contributed by atoms with E-state index in [0.29, 0.717) is 0 Å². The predicted molar refractivity (Wildman–Crippen MR) is 94.6 cm³/mol. The third kappa shape index (κ3) is 3.64. The number of para-hydroxylation sites is 2. The molecule has 1 amide bonds. The quantitative estimate of drug-likeness (QED) is 0.940. The highest BCUT2D eigenvalue weighted by molar-refractivity contribution is 6.04. The zero-order valence-electron chi connectivity index (χ0n) is 13.9. The molecule has 2 heterocycles. The first kappa shape index (κ1) is 16.2. The van der Waals surface area contributed by atoms with Crippen LogP contribution < -0.4 is 15.8 Å². The number of anilines is 2. The summed E-state index contributed by atoms with van der Waals surface area (Å²) < 4.78 is 1.16. The van der Waals surface area contributed by atoms with E-state index in [9.17, 15) is 9.59 Å². The van der Waals surface area contributed by atoms with Crippen molar-refractivity contribution in [2.75, 3.05) is 23.3 Å². The van der Waals surface area contributed by atoms with Gasteiger partial charge in [0.15, 0.2) is 0 Å². The van der Waals surface area contributed by atoms with E-state index in [1.807, 2.05) is 24.3 Å². The van der Waals surface area contributed by atoms with Crippen molar-refractivity contribution in [2.24, 2.45) is 7.05 Å². The molecule has 0 radical (unpaired) electrons. The first-order valence-electron chi connectivity index (χ1n) is 8.35. The van der Waals surface area contributed by atoms with Crippen molar-refractivity contribution in [3.05, 3.63) is 52.4 Å². The molecule has 0 bridgehead atoms. The third-order valence-corrected chi connectivity index (χ3v) is 4.29. The summed E-state index contributed by atoms with van der Waals surface area (Å²) in [6.07, 6.45) is 4.86. The fourth-order valence-corrected chi connectivity index (χ4v) is 2.98. The van der Waals surface area contributed by atoms with E-state index in [2.05, 4.69) is 15.3 Å². The van der Waals surface area contributed by atoms with Crippen LogP contribution in [0.2, 0.25) is 0 Å². The molecule has 0 aliphatic carbocycles. The Morgan fingerprint density at radius 3 is 2.46 bits per heavy atom. The van der Waals surface area contributed by atoms with E-state index in [4.69, 9.17) is 0 Å². The van der Waals surface area contributed by atoms with E-state index >= 15 is 0 Å². The summed E-state index contributed by atoms with van der Waals surface area (Å²) in [5.74, 6) is -0.312. The number of amides is 1. The lowest BCUT2D eigenvalue weighted by atomic mass is 10.2. The number of nitrogens with zero attached hydrogens (tertiary/aromatic N) is 3. The Balaban J connectivity index is 1.83. The van der Waals surface area contributed by atoms with Crippen LogP contribution in [-0.2, 0) is 7.05 Å². The van der Waals surface area contributed by atoms with Crippen molar-refractivity contribution >= 4 is 17.3 Å². The number of benzene rings is 1. The van der Waals surface area contributed by atoms with Crippen LogP contribution in [0.3, 0.4) is 0 Å². The topological polar surface area (TPSA) is 67.2 Å². The van der Waals surface area contributed by atoms with Crippen molar-refractivity contribution in [3.63, 3.8) is 0 Å². The molecule has 1 aliphatic rings. The molecule has 3 rings (SSSR count). The average molecular weight is 326 g/mol. The maximum absolute atomic E-state index is 12.5. The molecule has 1 fully saturated rings. The second kappa shape index (κ2) is 7.29. The Morgan fingerprint density at radius 1 is 1.04 bits per heavy atom. The van der Waals surface area contributed by atoms with E-state index in [1.165, 1.54) is 44.9 Å². The summed E-state index contributed by atoms with van der Waals surface area (Å²) in [5.41, 5.74) is 1.80. The van der Waals surface area contributed by atoms with Crippen molar-refractivity contribution in [1.29, 1.82) is 0 Å². The molecule has 1 aromatic carbocycles. The van der Waals surface area contributed by atoms with Gasteiger partial charge in [-0.25, -0.2) is 4.68 Å². The van der Waals surface area contributed by atoms with Crippen LogP contribution in [0.5, 0.6) is 0 Å². The molecular weight excluding hydrogens is 304 g/mol. The van der Waals surface area contributed by atoms with Gasteiger partial charge in [0, 0.05) is 26.2 Å². The first-order chi connectivity index (χ1) is 11.6. The van der Waals surface area contributed by atoms with Crippen molar-refractivity contribution in [3.8, 4) is 0 Å². The molecule has 2 aromatic rings. The van der Waals surface area contributed by atoms with Gasteiger partial charge in [-0.1, -0.05) is 25.0 Å². The van der Waals surface area contributed by atoms with E-state index < -0.39 is 0 Å². The molecule has 1 saturated heterocycles. The predicted octanol–water partition coefficient (Wildman–Crippen LogP) is 2.41. The Kier molecular flexibility index (Phi) is 4.93. The van der Waals surface area contributed by atoms with Crippen LogP contribution in [-0.4, -0.2) is 28.8 Å². The maximum Gasteiger partial charge on any atom is 0.276 e. The van der Waals surface area contributed by atoms with Crippen LogP contribution >= 0.6 is 0 Å². The Labute approximate surface area is 141 Å². The number of aromatic nitrogens is 2. The molecule has 1 aromatic heterocycles. The van der Waals surface area contributed by atoms with Crippen LogP contribution in [0.4, 0.5) is 11.4 Å². The second-order valence-corrected chi connectivity index (χ2v) is 6.05. The number of carbonyl (C=O) groups is 1. The number of hydrogen-bond donors (Lipinski definition) is 1. The number of carbonyl (C=O) groups excluding carboxylic acids is 1. The Hall–Kier alpha value is -2.63. The minimum atomic E-state index is -0.312. The lowest BCUT2D eigenvalue weighted by Crippen LogP contribution is -2.27. The smallest absolute Gasteiger partial charge is 0.276 e. The van der Waals surface area contributed by atoms with Crippen molar-refractivity contribution < 1.29 is 4.79 Å². The largest absolute Gasteiger partial charge is 0.370 e. The van der Waals surface area contributed by atoms with E-state index in [1.54, 1.807) is 0 Å². The molecular formula is C18H22N4O2. The average Bonchev–Trinajstić information content (AvgIpc) is 2.87. The number of hydrogen-bond acceptors (Lipinski definition) is 4. The minimum Gasteiger partial charge on any atom is -0.370 e. The van der Waals surface area contributed by atoms with Crippen molar-refractivity contribution in [1.82, 2.24) is 9.78 Å². The lowest BCUT2D eigenvalue weighted by Gasteiger charge is -2.25. The van der Waals surface area contributed by atoms with Crippen LogP contribution in [0, 0.1) is 0 Å². The van der Waals surface area contributed by atoms with Gasteiger partial charge in [-0.3, -0.25) is 9.59 Å². The molecule has 6 heteroatoms. The highest BCUT2D eigenvalue weighted by Gasteiger charge is 2.16. The molecule has 0 atom stereocenters. The lowest BCUT2D eigenvalue weighted by molar-refractivity contribution is 0.102. The fourth-order valence-electron chi connectivity index (χ4n) is 2.98. The molecule has 1 N–H and O–H groups in total. The van der Waals surface area contributed by atoms with Crippen LogP contribution in [0.15, 0.2) is 41.2 Å². The normalized spacial score (nSPS) is 15.0. The van der Waals surface area contributed by atoms with Gasteiger partial charge in [0.25, 0.3) is 11.5 Å². The highest BCUT2D eigenvalue weighted by Crippen LogP contribution is 2.28. The zero-order chi connectivity index (χ0) is 16.9. The van der Waals surface area contributed by atoms with Gasteiger partial charge in [-0.2, -0.15) is 5.10 Å².